The van der Waals surface area contributed by atoms with E-state index >= 15 is 0 Å². The van der Waals surface area contributed by atoms with Crippen LogP contribution in [0.5, 0.6) is 5.75 Å². The standard InChI is InChI=1S/C11H9ClN2O3S/c1-7-6-18-11(13-7)5-17-10-4-8(14(15)16)2-3-9(10)12/h2-4,6H,5H2,1H3. The molecule has 0 saturated carbocycles. The van der Waals surface area contributed by atoms with E-state index in [0.29, 0.717) is 10.8 Å². The molecule has 0 atom stereocenters. The molecule has 7 heteroatoms. The lowest BCUT2D eigenvalue weighted by molar-refractivity contribution is -0.384. The highest BCUT2D eigenvalue weighted by molar-refractivity contribution is 7.09. The average molecular weight is 285 g/mol. The number of hydrogen-bond donors (Lipinski definition) is 0. The molecule has 0 saturated heterocycles. The van der Waals surface area contributed by atoms with Gasteiger partial charge < -0.3 is 4.74 Å². The average Bonchev–Trinajstić information content (AvgIpc) is 2.74. The molecule has 0 aliphatic carbocycles. The third kappa shape index (κ3) is 2.96. The third-order valence-corrected chi connectivity index (χ3v) is 3.40. The molecule has 1 aromatic carbocycles. The fourth-order valence-electron chi connectivity index (χ4n) is 1.32. The van der Waals surface area contributed by atoms with E-state index in [9.17, 15) is 10.1 Å². The zero-order valence-electron chi connectivity index (χ0n) is 9.42. The van der Waals surface area contributed by atoms with Gasteiger partial charge in [0.05, 0.1) is 16.0 Å². The first-order chi connectivity index (χ1) is 8.56. The van der Waals surface area contributed by atoms with E-state index in [4.69, 9.17) is 16.3 Å². The van der Waals surface area contributed by atoms with Gasteiger partial charge in [0.2, 0.25) is 0 Å². The molecule has 94 valence electrons. The van der Waals surface area contributed by atoms with Gasteiger partial charge in [-0.15, -0.1) is 11.3 Å². The first-order valence-corrected chi connectivity index (χ1v) is 6.30. The van der Waals surface area contributed by atoms with Gasteiger partial charge in [-0.3, -0.25) is 10.1 Å². The lowest BCUT2D eigenvalue weighted by Gasteiger charge is -2.05. The van der Waals surface area contributed by atoms with E-state index in [1.165, 1.54) is 29.5 Å². The first kappa shape index (κ1) is 12.8. The summed E-state index contributed by atoms with van der Waals surface area (Å²) in [6.07, 6.45) is 0. The Kier molecular flexibility index (Phi) is 3.78. The first-order valence-electron chi connectivity index (χ1n) is 5.04. The van der Waals surface area contributed by atoms with Gasteiger partial charge in [0.25, 0.3) is 5.69 Å². The topological polar surface area (TPSA) is 65.3 Å². The van der Waals surface area contributed by atoms with E-state index in [-0.39, 0.29) is 12.3 Å². The second kappa shape index (κ2) is 5.32. The molecule has 2 rings (SSSR count). The van der Waals surface area contributed by atoms with Crippen molar-refractivity contribution in [3.05, 3.63) is 49.4 Å². The molecule has 2 aromatic rings. The SMILES string of the molecule is Cc1csc(COc2cc([N+](=O)[O-])ccc2Cl)n1. The molecule has 0 amide bonds. The molecule has 0 radical (unpaired) electrons. The van der Waals surface area contributed by atoms with E-state index in [1.807, 2.05) is 12.3 Å². The van der Waals surface area contributed by atoms with Crippen LogP contribution >= 0.6 is 22.9 Å². The zero-order valence-corrected chi connectivity index (χ0v) is 11.0. The van der Waals surface area contributed by atoms with Crippen LogP contribution < -0.4 is 4.74 Å². The van der Waals surface area contributed by atoms with Crippen molar-refractivity contribution in [1.82, 2.24) is 4.98 Å². The molecule has 0 fully saturated rings. The molecule has 18 heavy (non-hydrogen) atoms. The van der Waals surface area contributed by atoms with Gasteiger partial charge in [-0.1, -0.05) is 11.6 Å². The molecular weight excluding hydrogens is 276 g/mol. The predicted octanol–water partition coefficient (Wildman–Crippen LogP) is 3.59. The number of aryl methyl sites for hydroxylation is 1. The molecule has 0 aliphatic rings. The number of aromatic nitrogens is 1. The maximum atomic E-state index is 10.6. The van der Waals surface area contributed by atoms with Gasteiger partial charge in [0, 0.05) is 17.1 Å². The fourth-order valence-corrected chi connectivity index (χ4v) is 2.18. The number of nitro groups is 1. The highest BCUT2D eigenvalue weighted by Crippen LogP contribution is 2.29. The number of benzene rings is 1. The van der Waals surface area contributed by atoms with Gasteiger partial charge in [0.1, 0.15) is 17.4 Å². The van der Waals surface area contributed by atoms with E-state index < -0.39 is 4.92 Å². The van der Waals surface area contributed by atoms with Crippen LogP contribution in [0.3, 0.4) is 0 Å². The summed E-state index contributed by atoms with van der Waals surface area (Å²) >= 11 is 7.38. The summed E-state index contributed by atoms with van der Waals surface area (Å²) in [5.41, 5.74) is 0.869. The summed E-state index contributed by atoms with van der Waals surface area (Å²) in [6, 6.07) is 4.09. The van der Waals surface area contributed by atoms with Crippen LogP contribution in [0.4, 0.5) is 5.69 Å². The van der Waals surface area contributed by atoms with Gasteiger partial charge in [0.15, 0.2) is 0 Å². The van der Waals surface area contributed by atoms with Crippen molar-refractivity contribution in [3.8, 4) is 5.75 Å². The van der Waals surface area contributed by atoms with E-state index in [1.54, 1.807) is 0 Å². The quantitative estimate of drug-likeness (QED) is 0.635. The Bertz CT molecular complexity index is 585. The van der Waals surface area contributed by atoms with Crippen molar-refractivity contribution in [2.24, 2.45) is 0 Å². The zero-order chi connectivity index (χ0) is 13.1. The number of nitrogens with zero attached hydrogens (tertiary/aromatic N) is 2. The molecule has 0 aliphatic heterocycles. The van der Waals surface area contributed by atoms with Crippen molar-refractivity contribution in [3.63, 3.8) is 0 Å². The maximum absolute atomic E-state index is 10.6. The van der Waals surface area contributed by atoms with E-state index in [2.05, 4.69) is 4.98 Å². The fraction of sp³-hybridized carbons (Fsp3) is 0.182. The minimum Gasteiger partial charge on any atom is -0.485 e. The Labute approximate surface area is 112 Å². The number of rotatable bonds is 4. The van der Waals surface area contributed by atoms with Crippen LogP contribution in [0.25, 0.3) is 0 Å². The van der Waals surface area contributed by atoms with Gasteiger partial charge in [-0.05, 0) is 13.0 Å². The minimum atomic E-state index is -0.489. The molecule has 1 aromatic heterocycles. The Balaban J connectivity index is 2.13. The van der Waals surface area contributed by atoms with Crippen molar-refractivity contribution in [2.75, 3.05) is 0 Å². The molecule has 0 unspecified atom stereocenters. The van der Waals surface area contributed by atoms with Gasteiger partial charge >= 0.3 is 0 Å². The Morgan fingerprint density at radius 2 is 2.33 bits per heavy atom. The predicted molar refractivity (Wildman–Crippen MR) is 69.3 cm³/mol. The highest BCUT2D eigenvalue weighted by Gasteiger charge is 2.11. The van der Waals surface area contributed by atoms with Crippen LogP contribution in [0, 0.1) is 17.0 Å². The van der Waals surface area contributed by atoms with E-state index in [0.717, 1.165) is 10.7 Å². The summed E-state index contributed by atoms with van der Waals surface area (Å²) in [7, 11) is 0. The van der Waals surface area contributed by atoms with Gasteiger partial charge in [-0.2, -0.15) is 0 Å². The summed E-state index contributed by atoms with van der Waals surface area (Å²) in [4.78, 5) is 14.4. The van der Waals surface area contributed by atoms with Crippen molar-refractivity contribution in [2.45, 2.75) is 13.5 Å². The molecule has 5 nitrogen and oxygen atoms in total. The number of non-ortho nitro benzene ring substituents is 1. The minimum absolute atomic E-state index is 0.0512. The summed E-state index contributed by atoms with van der Waals surface area (Å²) in [6.45, 7) is 2.14. The molecule has 0 N–H and O–H groups in total. The Hall–Kier alpha value is -1.66. The monoisotopic (exact) mass is 284 g/mol. The highest BCUT2D eigenvalue weighted by atomic mass is 35.5. The smallest absolute Gasteiger partial charge is 0.273 e. The molecule has 0 spiro atoms. The second-order valence-corrected chi connectivity index (χ2v) is 4.89. The molecular formula is C11H9ClN2O3S. The Morgan fingerprint density at radius 1 is 1.56 bits per heavy atom. The van der Waals surface area contributed by atoms with Crippen molar-refractivity contribution >= 4 is 28.6 Å². The number of halogens is 1. The van der Waals surface area contributed by atoms with Crippen LogP contribution in [0.2, 0.25) is 5.02 Å². The summed E-state index contributed by atoms with van der Waals surface area (Å²) in [5, 5.41) is 13.7. The van der Waals surface area contributed by atoms with Crippen LogP contribution in [0.15, 0.2) is 23.6 Å². The third-order valence-electron chi connectivity index (χ3n) is 2.14. The number of thiazole rings is 1. The van der Waals surface area contributed by atoms with Gasteiger partial charge in [-0.25, -0.2) is 4.98 Å². The maximum Gasteiger partial charge on any atom is 0.273 e. The van der Waals surface area contributed by atoms with Crippen LogP contribution in [-0.2, 0) is 6.61 Å². The lowest BCUT2D eigenvalue weighted by atomic mass is 10.3. The van der Waals surface area contributed by atoms with Crippen LogP contribution in [0.1, 0.15) is 10.7 Å². The largest absolute Gasteiger partial charge is 0.485 e. The summed E-state index contributed by atoms with van der Waals surface area (Å²) in [5.74, 6) is 0.290. The Morgan fingerprint density at radius 3 is 2.94 bits per heavy atom. The number of ether oxygens (including phenoxy) is 1. The summed E-state index contributed by atoms with van der Waals surface area (Å²) < 4.78 is 5.44. The van der Waals surface area contributed by atoms with Crippen molar-refractivity contribution in [1.29, 1.82) is 0 Å². The molecule has 0 bridgehead atoms. The lowest BCUT2D eigenvalue weighted by Crippen LogP contribution is -1.97. The molecule has 1 heterocycles. The van der Waals surface area contributed by atoms with Crippen molar-refractivity contribution < 1.29 is 9.66 Å². The number of hydrogen-bond acceptors (Lipinski definition) is 5. The van der Waals surface area contributed by atoms with Crippen LogP contribution in [-0.4, -0.2) is 9.91 Å². The second-order valence-electron chi connectivity index (χ2n) is 3.54. The normalized spacial score (nSPS) is 10.3. The number of nitro benzene ring substituents is 1.